The monoisotopic (exact) mass is 579 g/mol. The normalized spacial score (nSPS) is 10.8. The molecule has 0 aliphatic rings. The van der Waals surface area contributed by atoms with Gasteiger partial charge in [-0.25, -0.2) is 9.77 Å². The fourth-order valence-corrected chi connectivity index (χ4v) is 4.38. The van der Waals surface area contributed by atoms with Crippen LogP contribution in [-0.2, 0) is 13.2 Å². The SMILES string of the molecule is CCOc1cc(CNn2c(-c3ccncc3)n[nH]c2=S)c(Br)cc1OCc1c(Cl)cccc1Cl. The zero-order valence-corrected chi connectivity index (χ0v) is 21.9. The van der Waals surface area contributed by atoms with Crippen molar-refractivity contribution in [3.05, 3.63) is 85.3 Å². The Labute approximate surface area is 220 Å². The highest BCUT2D eigenvalue weighted by molar-refractivity contribution is 9.10. The van der Waals surface area contributed by atoms with Gasteiger partial charge < -0.3 is 14.9 Å². The summed E-state index contributed by atoms with van der Waals surface area (Å²) in [6, 6.07) is 12.9. The predicted octanol–water partition coefficient (Wildman–Crippen LogP) is 6.79. The van der Waals surface area contributed by atoms with E-state index in [2.05, 4.69) is 36.5 Å². The Hall–Kier alpha value is -2.59. The van der Waals surface area contributed by atoms with Crippen molar-refractivity contribution >= 4 is 51.3 Å². The van der Waals surface area contributed by atoms with E-state index in [-0.39, 0.29) is 6.61 Å². The lowest BCUT2D eigenvalue weighted by Gasteiger charge is -2.17. The van der Waals surface area contributed by atoms with Gasteiger partial charge in [-0.2, -0.15) is 5.10 Å². The summed E-state index contributed by atoms with van der Waals surface area (Å²) in [7, 11) is 0. The van der Waals surface area contributed by atoms with E-state index in [4.69, 9.17) is 44.9 Å². The Bertz CT molecular complexity index is 1330. The van der Waals surface area contributed by atoms with E-state index in [1.54, 1.807) is 35.3 Å². The molecule has 176 valence electrons. The van der Waals surface area contributed by atoms with Gasteiger partial charge in [0.05, 0.1) is 13.2 Å². The molecule has 2 aromatic heterocycles. The number of benzene rings is 2. The van der Waals surface area contributed by atoms with Crippen molar-refractivity contribution in [2.75, 3.05) is 12.0 Å². The molecular weight excluding hydrogens is 561 g/mol. The summed E-state index contributed by atoms with van der Waals surface area (Å²) in [5.41, 5.74) is 5.85. The van der Waals surface area contributed by atoms with Crippen molar-refractivity contribution in [1.82, 2.24) is 19.9 Å². The Morgan fingerprint density at radius 3 is 2.50 bits per heavy atom. The standard InChI is InChI=1S/C23H20BrCl2N5O2S/c1-2-32-20-10-15(12-28-31-22(29-30-23(31)34)14-6-8-27-9-7-14)17(24)11-21(20)33-13-16-18(25)4-3-5-19(16)26/h3-11,28H,2,12-13H2,1H3,(H,30,34). The van der Waals surface area contributed by atoms with Gasteiger partial charge in [0.15, 0.2) is 17.3 Å². The van der Waals surface area contributed by atoms with Crippen molar-refractivity contribution in [1.29, 1.82) is 0 Å². The van der Waals surface area contributed by atoms with Gasteiger partial charge in [0.1, 0.15) is 6.61 Å². The van der Waals surface area contributed by atoms with E-state index in [0.29, 0.717) is 50.9 Å². The van der Waals surface area contributed by atoms with E-state index in [9.17, 15) is 0 Å². The van der Waals surface area contributed by atoms with Crippen molar-refractivity contribution in [2.24, 2.45) is 0 Å². The second kappa shape index (κ2) is 11.2. The molecule has 0 aliphatic carbocycles. The third kappa shape index (κ3) is 5.55. The zero-order valence-electron chi connectivity index (χ0n) is 18.0. The minimum atomic E-state index is 0.210. The van der Waals surface area contributed by atoms with Gasteiger partial charge >= 0.3 is 0 Å². The first-order valence-electron chi connectivity index (χ1n) is 10.3. The van der Waals surface area contributed by atoms with Crippen LogP contribution in [0, 0.1) is 4.77 Å². The van der Waals surface area contributed by atoms with Crippen molar-refractivity contribution in [3.63, 3.8) is 0 Å². The van der Waals surface area contributed by atoms with Crippen LogP contribution in [0.15, 0.2) is 59.3 Å². The number of nitrogens with zero attached hydrogens (tertiary/aromatic N) is 3. The Kier molecular flexibility index (Phi) is 8.10. The largest absolute Gasteiger partial charge is 0.490 e. The average Bonchev–Trinajstić information content (AvgIpc) is 3.20. The highest BCUT2D eigenvalue weighted by atomic mass is 79.9. The molecule has 7 nitrogen and oxygen atoms in total. The number of hydrogen-bond donors (Lipinski definition) is 2. The summed E-state index contributed by atoms with van der Waals surface area (Å²) >= 11 is 21.6. The molecule has 0 spiro atoms. The van der Waals surface area contributed by atoms with Crippen molar-refractivity contribution < 1.29 is 9.47 Å². The van der Waals surface area contributed by atoms with Crippen molar-refractivity contribution in [3.8, 4) is 22.9 Å². The smallest absolute Gasteiger partial charge is 0.214 e. The van der Waals surface area contributed by atoms with Crippen LogP contribution < -0.4 is 14.9 Å². The van der Waals surface area contributed by atoms with Gasteiger partial charge in [0.25, 0.3) is 0 Å². The van der Waals surface area contributed by atoms with Crippen LogP contribution in [0.1, 0.15) is 18.1 Å². The number of H-pyrrole nitrogens is 1. The van der Waals surface area contributed by atoms with Gasteiger partial charge in [-0.05, 0) is 61.1 Å². The molecule has 0 radical (unpaired) electrons. The topological polar surface area (TPSA) is 77.0 Å². The molecular formula is C23H20BrCl2N5O2S. The molecule has 0 saturated carbocycles. The summed E-state index contributed by atoms with van der Waals surface area (Å²) in [5, 5.41) is 8.25. The Balaban J connectivity index is 1.56. The number of aromatic amines is 1. The molecule has 0 fully saturated rings. The number of pyridine rings is 1. The maximum absolute atomic E-state index is 6.28. The summed E-state index contributed by atoms with van der Waals surface area (Å²) in [6.45, 7) is 3.06. The molecule has 4 rings (SSSR count). The molecule has 2 aromatic carbocycles. The number of aromatic nitrogens is 4. The van der Waals surface area contributed by atoms with Crippen molar-refractivity contribution in [2.45, 2.75) is 20.1 Å². The Morgan fingerprint density at radius 2 is 1.79 bits per heavy atom. The minimum Gasteiger partial charge on any atom is -0.490 e. The summed E-state index contributed by atoms with van der Waals surface area (Å²) < 4.78 is 14.9. The van der Waals surface area contributed by atoms with E-state index in [0.717, 1.165) is 15.6 Å². The second-order valence-electron chi connectivity index (χ2n) is 7.07. The van der Waals surface area contributed by atoms with Gasteiger partial charge in [0.2, 0.25) is 4.77 Å². The molecule has 0 amide bonds. The lowest BCUT2D eigenvalue weighted by molar-refractivity contribution is 0.269. The summed E-state index contributed by atoms with van der Waals surface area (Å²) in [6.07, 6.45) is 3.41. The minimum absolute atomic E-state index is 0.210. The van der Waals surface area contributed by atoms with Gasteiger partial charge in [-0.3, -0.25) is 4.98 Å². The molecule has 0 bridgehead atoms. The van der Waals surface area contributed by atoms with Crippen LogP contribution in [0.3, 0.4) is 0 Å². The van der Waals surface area contributed by atoms with Gasteiger partial charge in [-0.15, -0.1) is 0 Å². The first-order chi connectivity index (χ1) is 16.5. The molecule has 0 atom stereocenters. The molecule has 2 N–H and O–H groups in total. The molecule has 34 heavy (non-hydrogen) atoms. The predicted molar refractivity (Wildman–Crippen MR) is 140 cm³/mol. The van der Waals surface area contributed by atoms with Crippen LogP contribution in [0.4, 0.5) is 0 Å². The maximum Gasteiger partial charge on any atom is 0.214 e. The third-order valence-electron chi connectivity index (χ3n) is 4.88. The number of halogens is 3. The average molecular weight is 581 g/mol. The Morgan fingerprint density at radius 1 is 1.09 bits per heavy atom. The molecule has 0 aliphatic heterocycles. The number of nitrogens with one attached hydrogen (secondary N) is 2. The van der Waals surface area contributed by atoms with Gasteiger partial charge in [-0.1, -0.05) is 45.2 Å². The van der Waals surface area contributed by atoms with Crippen LogP contribution in [-0.4, -0.2) is 26.5 Å². The summed E-state index contributed by atoms with van der Waals surface area (Å²) in [5.74, 6) is 1.84. The zero-order chi connectivity index (χ0) is 24.1. The van der Waals surface area contributed by atoms with E-state index < -0.39 is 0 Å². The lowest BCUT2D eigenvalue weighted by atomic mass is 10.2. The van der Waals surface area contributed by atoms with Crippen LogP contribution >= 0.6 is 51.3 Å². The molecule has 4 aromatic rings. The van der Waals surface area contributed by atoms with Crippen LogP contribution in [0.25, 0.3) is 11.4 Å². The first kappa shape index (κ1) is 24.5. The number of hydrogen-bond acceptors (Lipinski definition) is 6. The van der Waals surface area contributed by atoms with Crippen LogP contribution in [0.5, 0.6) is 11.5 Å². The van der Waals surface area contributed by atoms with E-state index >= 15 is 0 Å². The van der Waals surface area contributed by atoms with E-state index in [1.807, 2.05) is 31.2 Å². The van der Waals surface area contributed by atoms with Gasteiger partial charge in [0, 0.05) is 38.0 Å². The number of rotatable bonds is 9. The van der Waals surface area contributed by atoms with E-state index in [1.165, 1.54) is 0 Å². The lowest BCUT2D eigenvalue weighted by Crippen LogP contribution is -2.16. The maximum atomic E-state index is 6.28. The fraction of sp³-hybridized carbons (Fsp3) is 0.174. The first-order valence-corrected chi connectivity index (χ1v) is 12.3. The highest BCUT2D eigenvalue weighted by Crippen LogP contribution is 2.35. The quantitative estimate of drug-likeness (QED) is 0.212. The number of ether oxygens (including phenoxy) is 2. The molecule has 0 saturated heterocycles. The fourth-order valence-electron chi connectivity index (χ4n) is 3.22. The third-order valence-corrected chi connectivity index (χ3v) is 6.61. The molecule has 11 heteroatoms. The highest BCUT2D eigenvalue weighted by Gasteiger charge is 2.15. The molecule has 0 unspecified atom stereocenters. The summed E-state index contributed by atoms with van der Waals surface area (Å²) in [4.78, 5) is 4.05. The molecule has 2 heterocycles. The second-order valence-corrected chi connectivity index (χ2v) is 9.13. The van der Waals surface area contributed by atoms with Crippen LogP contribution in [0.2, 0.25) is 10.0 Å².